The average molecular weight is 345 g/mol. The van der Waals surface area contributed by atoms with Gasteiger partial charge in [-0.1, -0.05) is 80.5 Å². The molecule has 0 heterocycles. The maximum Gasteiger partial charge on any atom is 0.306 e. The van der Waals surface area contributed by atoms with Crippen molar-refractivity contribution in [2.75, 3.05) is 6.61 Å². The third-order valence-electron chi connectivity index (χ3n) is 3.47. The van der Waals surface area contributed by atoms with E-state index in [4.69, 9.17) is 4.74 Å². The van der Waals surface area contributed by atoms with E-state index in [2.05, 4.69) is 61.6 Å². The van der Waals surface area contributed by atoms with Crippen LogP contribution in [-0.4, -0.2) is 12.6 Å². The molecule has 0 aromatic rings. The molecule has 0 fully saturated rings. The van der Waals surface area contributed by atoms with Gasteiger partial charge in [0.05, 0.1) is 6.61 Å². The fourth-order valence-electron chi connectivity index (χ4n) is 2.08. The van der Waals surface area contributed by atoms with Crippen LogP contribution in [0.4, 0.5) is 0 Å². The van der Waals surface area contributed by atoms with Crippen molar-refractivity contribution in [2.24, 2.45) is 0 Å². The van der Waals surface area contributed by atoms with Gasteiger partial charge in [0.1, 0.15) is 0 Å². The highest BCUT2D eigenvalue weighted by atomic mass is 16.5. The molecule has 0 radical (unpaired) electrons. The fraction of sp³-hybridized carbons (Fsp3) is 0.522. The number of esters is 1. The average Bonchev–Trinajstić information content (AvgIpc) is 2.61. The maximum atomic E-state index is 11.1. The molecule has 0 spiro atoms. The van der Waals surface area contributed by atoms with E-state index in [-0.39, 0.29) is 5.97 Å². The van der Waals surface area contributed by atoms with Gasteiger partial charge in [-0.2, -0.15) is 0 Å². The Hall–Kier alpha value is -1.83. The van der Waals surface area contributed by atoms with Crippen LogP contribution in [0.2, 0.25) is 0 Å². The first kappa shape index (κ1) is 23.2. The summed E-state index contributed by atoms with van der Waals surface area (Å²) in [5, 5.41) is 0. The van der Waals surface area contributed by atoms with Gasteiger partial charge >= 0.3 is 5.97 Å². The Kier molecular flexibility index (Phi) is 18.7. The van der Waals surface area contributed by atoms with E-state index in [1.807, 2.05) is 13.0 Å². The summed E-state index contributed by atoms with van der Waals surface area (Å²) in [6.45, 7) is 4.52. The Morgan fingerprint density at radius 3 is 1.56 bits per heavy atom. The first-order chi connectivity index (χ1) is 12.3. The molecule has 2 heteroatoms. The largest absolute Gasteiger partial charge is 0.466 e. The van der Waals surface area contributed by atoms with E-state index in [0.29, 0.717) is 13.0 Å². The summed E-state index contributed by atoms with van der Waals surface area (Å²) >= 11 is 0. The van der Waals surface area contributed by atoms with Crippen molar-refractivity contribution >= 4 is 5.97 Å². The molecule has 0 aliphatic rings. The van der Waals surface area contributed by atoms with Gasteiger partial charge in [0, 0.05) is 6.42 Å². The second kappa shape index (κ2) is 20.2. The summed E-state index contributed by atoms with van der Waals surface area (Å²) in [5.41, 5.74) is 0. The quantitative estimate of drug-likeness (QED) is 0.184. The van der Waals surface area contributed by atoms with Crippen molar-refractivity contribution in [3.8, 4) is 0 Å². The predicted octanol–water partition coefficient (Wildman–Crippen LogP) is 6.86. The highest BCUT2D eigenvalue weighted by Gasteiger charge is 1.97. The number of hydrogen-bond donors (Lipinski definition) is 0. The van der Waals surface area contributed by atoms with E-state index in [1.54, 1.807) is 0 Å². The molecule has 140 valence electrons. The molecular weight excluding hydrogens is 308 g/mol. The minimum Gasteiger partial charge on any atom is -0.466 e. The Morgan fingerprint density at radius 1 is 0.680 bits per heavy atom. The minimum atomic E-state index is -0.116. The van der Waals surface area contributed by atoms with Gasteiger partial charge in [0.15, 0.2) is 0 Å². The maximum absolute atomic E-state index is 11.1. The number of hydrogen-bond acceptors (Lipinski definition) is 2. The zero-order valence-electron chi connectivity index (χ0n) is 16.2. The smallest absolute Gasteiger partial charge is 0.306 e. The summed E-state index contributed by atoms with van der Waals surface area (Å²) in [6.07, 6.45) is 30.8. The van der Waals surface area contributed by atoms with Crippen LogP contribution < -0.4 is 0 Å². The van der Waals surface area contributed by atoms with E-state index in [9.17, 15) is 4.79 Å². The number of carbonyl (C=O) groups is 1. The first-order valence-electron chi connectivity index (χ1n) is 9.71. The van der Waals surface area contributed by atoms with Crippen molar-refractivity contribution < 1.29 is 9.53 Å². The Morgan fingerprint density at radius 2 is 1.12 bits per heavy atom. The first-order valence-corrected chi connectivity index (χ1v) is 9.71. The van der Waals surface area contributed by atoms with E-state index >= 15 is 0 Å². The van der Waals surface area contributed by atoms with E-state index in [1.165, 1.54) is 19.3 Å². The molecule has 0 bridgehead atoms. The van der Waals surface area contributed by atoms with Crippen molar-refractivity contribution in [3.63, 3.8) is 0 Å². The van der Waals surface area contributed by atoms with Crippen LogP contribution in [0.5, 0.6) is 0 Å². The molecule has 0 aromatic heterocycles. The lowest BCUT2D eigenvalue weighted by Crippen LogP contribution is -2.02. The monoisotopic (exact) mass is 344 g/mol. The third-order valence-corrected chi connectivity index (χ3v) is 3.47. The zero-order valence-corrected chi connectivity index (χ0v) is 16.2. The molecule has 2 nitrogen and oxygen atoms in total. The number of carbonyl (C=O) groups excluding carboxylic acids is 1. The summed E-state index contributed by atoms with van der Waals surface area (Å²) in [6, 6.07) is 0. The number of unbranched alkanes of at least 4 members (excludes halogenated alkanes) is 2. The van der Waals surface area contributed by atoms with Crippen LogP contribution >= 0.6 is 0 Å². The number of rotatable bonds is 15. The van der Waals surface area contributed by atoms with Gasteiger partial charge in [0.2, 0.25) is 0 Å². The minimum absolute atomic E-state index is 0.116. The molecule has 0 unspecified atom stereocenters. The molecule has 0 N–H and O–H groups in total. The topological polar surface area (TPSA) is 26.3 Å². The fourth-order valence-corrected chi connectivity index (χ4v) is 2.08. The summed E-state index contributed by atoms with van der Waals surface area (Å²) < 4.78 is 4.87. The third kappa shape index (κ3) is 20.1. The van der Waals surface area contributed by atoms with Crippen LogP contribution in [0.3, 0.4) is 0 Å². The standard InChI is InChI=1S/C23H36O2/c1-3-5-6-7-8-9-10-11-12-13-14-15-16-17-18-19-20-21-22-23(24)25-4-2/h7-8,10-11,13-14,16-17,19-20H,3-6,9,12,15,18,21-22H2,1-2H3/b8-7-,11-10-,14-13-,17-16-,20-19-. The second-order valence-corrected chi connectivity index (χ2v) is 5.79. The van der Waals surface area contributed by atoms with E-state index < -0.39 is 0 Å². The van der Waals surface area contributed by atoms with Crippen LogP contribution in [0.1, 0.15) is 71.6 Å². The molecule has 0 aliphatic heterocycles. The summed E-state index contributed by atoms with van der Waals surface area (Å²) in [5.74, 6) is -0.116. The normalized spacial score (nSPS) is 12.6. The van der Waals surface area contributed by atoms with Crippen molar-refractivity contribution in [3.05, 3.63) is 60.8 Å². The number of allylic oxidation sites excluding steroid dienone is 10. The number of ether oxygens (including phenoxy) is 1. The van der Waals surface area contributed by atoms with Crippen LogP contribution in [-0.2, 0) is 9.53 Å². The van der Waals surface area contributed by atoms with Crippen molar-refractivity contribution in [1.29, 1.82) is 0 Å². The molecule has 25 heavy (non-hydrogen) atoms. The molecule has 0 aliphatic carbocycles. The highest BCUT2D eigenvalue weighted by molar-refractivity contribution is 5.69. The van der Waals surface area contributed by atoms with Gasteiger partial charge in [-0.3, -0.25) is 4.79 Å². The van der Waals surface area contributed by atoms with Crippen molar-refractivity contribution in [2.45, 2.75) is 71.6 Å². The molecule has 0 atom stereocenters. The van der Waals surface area contributed by atoms with E-state index in [0.717, 1.165) is 32.1 Å². The lowest BCUT2D eigenvalue weighted by Gasteiger charge is -1.97. The van der Waals surface area contributed by atoms with Gasteiger partial charge in [-0.05, 0) is 45.4 Å². The van der Waals surface area contributed by atoms with Gasteiger partial charge < -0.3 is 4.74 Å². The Bertz CT molecular complexity index is 439. The molecule has 0 saturated carbocycles. The lowest BCUT2D eigenvalue weighted by atomic mass is 10.2. The Labute approximate surface area is 155 Å². The van der Waals surface area contributed by atoms with Gasteiger partial charge in [0.25, 0.3) is 0 Å². The molecule has 0 saturated heterocycles. The second-order valence-electron chi connectivity index (χ2n) is 5.79. The SMILES string of the molecule is CCCC/C=C\C/C=C\C/C=C\C/C=C\C/C=C\CCC(=O)OCC. The Balaban J connectivity index is 3.50. The van der Waals surface area contributed by atoms with Crippen LogP contribution in [0.25, 0.3) is 0 Å². The van der Waals surface area contributed by atoms with Gasteiger partial charge in [-0.15, -0.1) is 0 Å². The van der Waals surface area contributed by atoms with Crippen LogP contribution in [0, 0.1) is 0 Å². The molecule has 0 rings (SSSR count). The summed E-state index contributed by atoms with van der Waals surface area (Å²) in [7, 11) is 0. The molecular formula is C23H36O2. The zero-order chi connectivity index (χ0) is 18.4. The summed E-state index contributed by atoms with van der Waals surface area (Å²) in [4.78, 5) is 11.1. The predicted molar refractivity (Wildman–Crippen MR) is 110 cm³/mol. The highest BCUT2D eigenvalue weighted by Crippen LogP contribution is 1.99. The molecule has 0 amide bonds. The van der Waals surface area contributed by atoms with Crippen LogP contribution in [0.15, 0.2) is 60.8 Å². The lowest BCUT2D eigenvalue weighted by molar-refractivity contribution is -0.142. The molecule has 0 aromatic carbocycles. The van der Waals surface area contributed by atoms with Crippen molar-refractivity contribution in [1.82, 2.24) is 0 Å². The van der Waals surface area contributed by atoms with Gasteiger partial charge in [-0.25, -0.2) is 0 Å².